The van der Waals surface area contributed by atoms with E-state index in [9.17, 15) is 0 Å². The maximum Gasteiger partial charge on any atom is 0.130 e. The third-order valence-corrected chi connectivity index (χ3v) is 4.97. The lowest BCUT2D eigenvalue weighted by atomic mass is 9.77. The van der Waals surface area contributed by atoms with E-state index in [1.807, 2.05) is 12.1 Å². The van der Waals surface area contributed by atoms with Gasteiger partial charge in [0.05, 0.1) is 17.8 Å². The summed E-state index contributed by atoms with van der Waals surface area (Å²) in [4.78, 5) is 2.19. The Morgan fingerprint density at radius 2 is 2.12 bits per heavy atom. The van der Waals surface area contributed by atoms with Crippen LogP contribution < -0.4 is 22.2 Å². The standard InChI is InChI=1S/C18H21BN6/c1-25-7-3-4-10(9-25)17-16(21)14(12-8-22-24-18(12)23-17)11-5-2-6-13(20)15(11)19/h2,5-6,8-9,14H,3-4,7,20-21H2,1H3,(H2,22,23,24). The van der Waals surface area contributed by atoms with Crippen LogP contribution in [-0.4, -0.2) is 36.5 Å². The van der Waals surface area contributed by atoms with Gasteiger partial charge in [0.1, 0.15) is 13.7 Å². The van der Waals surface area contributed by atoms with Crippen molar-refractivity contribution >= 4 is 24.8 Å². The Bertz CT molecular complexity index is 881. The molecule has 0 amide bonds. The number of allylic oxidation sites excluding steroid dienone is 2. The third kappa shape index (κ3) is 2.56. The first-order valence-electron chi connectivity index (χ1n) is 8.41. The van der Waals surface area contributed by atoms with Gasteiger partial charge in [0.2, 0.25) is 0 Å². The first kappa shape index (κ1) is 15.7. The number of aromatic nitrogens is 2. The van der Waals surface area contributed by atoms with E-state index < -0.39 is 0 Å². The fourth-order valence-corrected chi connectivity index (χ4v) is 3.68. The maximum atomic E-state index is 6.64. The summed E-state index contributed by atoms with van der Waals surface area (Å²) in [5, 5.41) is 10.6. The van der Waals surface area contributed by atoms with Crippen molar-refractivity contribution in [1.29, 1.82) is 0 Å². The summed E-state index contributed by atoms with van der Waals surface area (Å²) >= 11 is 0. The second-order valence-electron chi connectivity index (χ2n) is 6.68. The lowest BCUT2D eigenvalue weighted by Gasteiger charge is -2.32. The van der Waals surface area contributed by atoms with E-state index in [1.54, 1.807) is 12.3 Å². The molecule has 0 aliphatic carbocycles. The van der Waals surface area contributed by atoms with Crippen molar-refractivity contribution in [3.63, 3.8) is 0 Å². The summed E-state index contributed by atoms with van der Waals surface area (Å²) in [6.07, 6.45) is 6.03. The van der Waals surface area contributed by atoms with Gasteiger partial charge in [0, 0.05) is 36.7 Å². The lowest BCUT2D eigenvalue weighted by molar-refractivity contribution is 0.418. The molecule has 3 heterocycles. The SMILES string of the molecule is [B]c1c(N)cccc1C1C(N)=C(C2=CN(C)CCC2)Nc2[nH]ncc21. The number of nitrogen functional groups attached to an aromatic ring is 1. The van der Waals surface area contributed by atoms with Gasteiger partial charge in [-0.3, -0.25) is 5.10 Å². The molecular weight excluding hydrogens is 311 g/mol. The molecule has 0 spiro atoms. The van der Waals surface area contributed by atoms with Gasteiger partial charge in [-0.15, -0.1) is 0 Å². The lowest BCUT2D eigenvalue weighted by Crippen LogP contribution is -2.30. The zero-order valence-corrected chi connectivity index (χ0v) is 14.2. The molecule has 1 atom stereocenters. The molecule has 4 rings (SSSR count). The van der Waals surface area contributed by atoms with E-state index in [1.165, 1.54) is 5.57 Å². The van der Waals surface area contributed by atoms with E-state index in [2.05, 4.69) is 33.7 Å². The molecule has 2 aliphatic heterocycles. The van der Waals surface area contributed by atoms with E-state index >= 15 is 0 Å². The van der Waals surface area contributed by atoms with Crippen LogP contribution in [0.15, 0.2) is 47.6 Å². The molecule has 7 heteroatoms. The fourth-order valence-electron chi connectivity index (χ4n) is 3.68. The van der Waals surface area contributed by atoms with Crippen molar-refractivity contribution in [2.75, 3.05) is 24.6 Å². The Morgan fingerprint density at radius 3 is 2.92 bits per heavy atom. The number of aromatic amines is 1. The zero-order chi connectivity index (χ0) is 17.6. The van der Waals surface area contributed by atoms with Gasteiger partial charge in [0.15, 0.2) is 0 Å². The molecule has 0 saturated carbocycles. The first-order valence-corrected chi connectivity index (χ1v) is 8.41. The number of nitrogens with one attached hydrogen (secondary N) is 2. The predicted octanol–water partition coefficient (Wildman–Crippen LogP) is 1.12. The molecule has 0 bridgehead atoms. The minimum absolute atomic E-state index is 0.179. The van der Waals surface area contributed by atoms with E-state index in [-0.39, 0.29) is 5.92 Å². The Kier molecular flexibility index (Phi) is 3.71. The van der Waals surface area contributed by atoms with Crippen molar-refractivity contribution in [1.82, 2.24) is 15.1 Å². The largest absolute Gasteiger partial charge is 0.400 e. The molecule has 2 aliphatic rings. The van der Waals surface area contributed by atoms with Crippen LogP contribution in [0.5, 0.6) is 0 Å². The van der Waals surface area contributed by atoms with Gasteiger partial charge in [0.25, 0.3) is 0 Å². The normalized spacial score (nSPS) is 20.1. The van der Waals surface area contributed by atoms with Crippen molar-refractivity contribution < 1.29 is 0 Å². The zero-order valence-electron chi connectivity index (χ0n) is 14.2. The van der Waals surface area contributed by atoms with Gasteiger partial charge < -0.3 is 21.7 Å². The first-order chi connectivity index (χ1) is 12.1. The number of nitrogens with zero attached hydrogens (tertiary/aromatic N) is 2. The van der Waals surface area contributed by atoms with Crippen molar-refractivity contribution in [2.24, 2.45) is 5.73 Å². The van der Waals surface area contributed by atoms with E-state index in [0.717, 1.165) is 47.7 Å². The number of hydrogen-bond donors (Lipinski definition) is 4. The smallest absolute Gasteiger partial charge is 0.130 e. The minimum Gasteiger partial charge on any atom is -0.400 e. The van der Waals surface area contributed by atoms with Crippen molar-refractivity contribution in [3.05, 3.63) is 58.7 Å². The molecule has 25 heavy (non-hydrogen) atoms. The number of H-pyrrole nitrogens is 1. The highest BCUT2D eigenvalue weighted by molar-refractivity contribution is 6.36. The highest BCUT2D eigenvalue weighted by Gasteiger charge is 2.32. The highest BCUT2D eigenvalue weighted by Crippen LogP contribution is 2.40. The molecule has 0 saturated heterocycles. The summed E-state index contributed by atoms with van der Waals surface area (Å²) in [5.41, 5.74) is 18.6. The Hall–Kier alpha value is -2.83. The summed E-state index contributed by atoms with van der Waals surface area (Å²) in [7, 11) is 8.35. The molecule has 1 aromatic carbocycles. The molecule has 0 fully saturated rings. The van der Waals surface area contributed by atoms with Crippen LogP contribution >= 0.6 is 0 Å². The van der Waals surface area contributed by atoms with E-state index in [0.29, 0.717) is 11.2 Å². The summed E-state index contributed by atoms with van der Waals surface area (Å²) < 4.78 is 0. The van der Waals surface area contributed by atoms with Crippen LogP contribution in [0.4, 0.5) is 11.5 Å². The summed E-state index contributed by atoms with van der Waals surface area (Å²) in [6, 6.07) is 5.68. The predicted molar refractivity (Wildman–Crippen MR) is 101 cm³/mol. The number of benzene rings is 1. The van der Waals surface area contributed by atoms with Gasteiger partial charge in [-0.25, -0.2) is 0 Å². The number of hydrogen-bond acceptors (Lipinski definition) is 5. The average molecular weight is 332 g/mol. The monoisotopic (exact) mass is 332 g/mol. The summed E-state index contributed by atoms with van der Waals surface area (Å²) in [6.45, 7) is 1.05. The maximum absolute atomic E-state index is 6.64. The molecule has 2 aromatic rings. The fraction of sp³-hybridized carbons (Fsp3) is 0.278. The topological polar surface area (TPSA) is 96.0 Å². The number of fused-ring (bicyclic) bond motifs is 1. The minimum atomic E-state index is -0.179. The average Bonchev–Trinajstić information content (AvgIpc) is 3.05. The second-order valence-corrected chi connectivity index (χ2v) is 6.68. The van der Waals surface area contributed by atoms with Gasteiger partial charge in [-0.05, 0) is 30.0 Å². The Balaban J connectivity index is 1.88. The molecule has 2 radical (unpaired) electrons. The van der Waals surface area contributed by atoms with Crippen LogP contribution in [0.1, 0.15) is 29.9 Å². The number of nitrogens with two attached hydrogens (primary N) is 2. The summed E-state index contributed by atoms with van der Waals surface area (Å²) in [5.74, 6) is 0.673. The highest BCUT2D eigenvalue weighted by atomic mass is 15.2. The van der Waals surface area contributed by atoms with Crippen LogP contribution in [0.3, 0.4) is 0 Å². The second kappa shape index (κ2) is 5.91. The molecule has 6 N–H and O–H groups in total. The third-order valence-electron chi connectivity index (χ3n) is 4.97. The van der Waals surface area contributed by atoms with Crippen LogP contribution in [-0.2, 0) is 0 Å². The van der Waals surface area contributed by atoms with Gasteiger partial charge in [-0.2, -0.15) is 5.10 Å². The Morgan fingerprint density at radius 1 is 1.28 bits per heavy atom. The molecule has 126 valence electrons. The molecule has 1 unspecified atom stereocenters. The van der Waals surface area contributed by atoms with Crippen molar-refractivity contribution in [2.45, 2.75) is 18.8 Å². The van der Waals surface area contributed by atoms with Gasteiger partial charge in [-0.1, -0.05) is 17.6 Å². The molecule has 1 aromatic heterocycles. The quantitative estimate of drug-likeness (QED) is 0.488. The number of anilines is 2. The van der Waals surface area contributed by atoms with Crippen LogP contribution in [0, 0.1) is 0 Å². The van der Waals surface area contributed by atoms with Crippen molar-refractivity contribution in [3.8, 4) is 0 Å². The van der Waals surface area contributed by atoms with Crippen LogP contribution in [0.2, 0.25) is 0 Å². The number of rotatable bonds is 2. The molecule has 6 nitrogen and oxygen atoms in total. The van der Waals surface area contributed by atoms with Gasteiger partial charge >= 0.3 is 0 Å². The molecular formula is C18H21BN6. The van der Waals surface area contributed by atoms with Crippen LogP contribution in [0.25, 0.3) is 0 Å². The Labute approximate surface area is 148 Å². The van der Waals surface area contributed by atoms with E-state index in [4.69, 9.17) is 19.3 Å².